The van der Waals surface area contributed by atoms with Crippen LogP contribution in [0.25, 0.3) is 0 Å². The topological polar surface area (TPSA) is 46.3 Å². The lowest BCUT2D eigenvalue weighted by Gasteiger charge is -2.37. The van der Waals surface area contributed by atoms with E-state index in [4.69, 9.17) is 5.73 Å². The third kappa shape index (κ3) is 2.94. The minimum atomic E-state index is -0.328. The number of amides is 1. The van der Waals surface area contributed by atoms with Crippen LogP contribution in [0.5, 0.6) is 0 Å². The number of carbonyl (C=O) groups is 1. The molecule has 3 heteroatoms. The maximum Gasteiger partial charge on any atom is 0.239 e. The number of nitrogens with zero attached hydrogens (tertiary/aromatic N) is 1. The Bertz CT molecular complexity index is 228. The zero-order chi connectivity index (χ0) is 11.6. The van der Waals surface area contributed by atoms with Gasteiger partial charge in [-0.25, -0.2) is 0 Å². The first-order valence-electron chi connectivity index (χ1n) is 5.97. The molecule has 1 amide bonds. The van der Waals surface area contributed by atoms with Gasteiger partial charge in [-0.15, -0.1) is 0 Å². The maximum atomic E-state index is 12.0. The average Bonchev–Trinajstić information content (AvgIpc) is 2.19. The highest BCUT2D eigenvalue weighted by Crippen LogP contribution is 2.23. The summed E-state index contributed by atoms with van der Waals surface area (Å²) < 4.78 is 0. The highest BCUT2D eigenvalue weighted by Gasteiger charge is 2.29. The van der Waals surface area contributed by atoms with E-state index >= 15 is 0 Å². The van der Waals surface area contributed by atoms with E-state index in [1.54, 1.807) is 0 Å². The first-order valence-corrected chi connectivity index (χ1v) is 5.97. The van der Waals surface area contributed by atoms with Gasteiger partial charge in [0, 0.05) is 13.1 Å². The maximum absolute atomic E-state index is 12.0. The third-order valence-corrected chi connectivity index (χ3v) is 3.65. The number of nitrogens with two attached hydrogens (primary N) is 1. The molecule has 0 bridgehead atoms. The van der Waals surface area contributed by atoms with Crippen LogP contribution in [-0.4, -0.2) is 29.9 Å². The summed E-state index contributed by atoms with van der Waals surface area (Å²) in [6.45, 7) is 10.2. The molecule has 0 aromatic carbocycles. The van der Waals surface area contributed by atoms with Crippen molar-refractivity contribution in [3.05, 3.63) is 0 Å². The predicted octanol–water partition coefficient (Wildman–Crippen LogP) is 1.47. The molecule has 0 aromatic heterocycles. The molecule has 0 radical (unpaired) electrons. The lowest BCUT2D eigenvalue weighted by Crippen LogP contribution is -2.50. The summed E-state index contributed by atoms with van der Waals surface area (Å²) in [5, 5.41) is 0. The normalized spacial score (nSPS) is 29.3. The molecule has 0 aliphatic carbocycles. The number of rotatable bonds is 2. The second kappa shape index (κ2) is 4.97. The molecule has 1 fully saturated rings. The van der Waals surface area contributed by atoms with Crippen LogP contribution in [-0.2, 0) is 4.79 Å². The molecule has 15 heavy (non-hydrogen) atoms. The number of likely N-dealkylation sites (tertiary alicyclic amines) is 1. The SMILES string of the molecule is CC(C)C(N)C(=O)N1CCC(C)C(C)C1. The van der Waals surface area contributed by atoms with Crippen LogP contribution in [0, 0.1) is 17.8 Å². The van der Waals surface area contributed by atoms with Crippen molar-refractivity contribution < 1.29 is 4.79 Å². The Morgan fingerprint density at radius 1 is 1.33 bits per heavy atom. The summed E-state index contributed by atoms with van der Waals surface area (Å²) in [7, 11) is 0. The minimum absolute atomic E-state index is 0.128. The van der Waals surface area contributed by atoms with Gasteiger partial charge in [-0.2, -0.15) is 0 Å². The molecule has 1 rings (SSSR count). The quantitative estimate of drug-likeness (QED) is 0.753. The van der Waals surface area contributed by atoms with E-state index in [0.29, 0.717) is 5.92 Å². The third-order valence-electron chi connectivity index (χ3n) is 3.65. The van der Waals surface area contributed by atoms with Gasteiger partial charge in [0.2, 0.25) is 5.91 Å². The van der Waals surface area contributed by atoms with Crippen molar-refractivity contribution in [2.75, 3.05) is 13.1 Å². The Kier molecular flexibility index (Phi) is 4.14. The van der Waals surface area contributed by atoms with Crippen molar-refractivity contribution in [1.82, 2.24) is 4.90 Å². The fraction of sp³-hybridized carbons (Fsp3) is 0.917. The van der Waals surface area contributed by atoms with Gasteiger partial charge < -0.3 is 10.6 Å². The lowest BCUT2D eigenvalue weighted by atomic mass is 9.88. The Morgan fingerprint density at radius 2 is 1.93 bits per heavy atom. The summed E-state index contributed by atoms with van der Waals surface area (Å²) in [5.41, 5.74) is 5.88. The molecular weight excluding hydrogens is 188 g/mol. The molecule has 88 valence electrons. The second-order valence-corrected chi connectivity index (χ2v) is 5.30. The molecule has 1 aliphatic heterocycles. The fourth-order valence-corrected chi connectivity index (χ4v) is 1.96. The highest BCUT2D eigenvalue weighted by atomic mass is 16.2. The molecule has 3 nitrogen and oxygen atoms in total. The van der Waals surface area contributed by atoms with E-state index in [9.17, 15) is 4.79 Å². The summed E-state index contributed by atoms with van der Waals surface area (Å²) in [6.07, 6.45) is 1.11. The molecule has 0 aromatic rings. The molecule has 3 atom stereocenters. The zero-order valence-corrected chi connectivity index (χ0v) is 10.4. The number of hydrogen-bond donors (Lipinski definition) is 1. The van der Waals surface area contributed by atoms with Crippen molar-refractivity contribution >= 4 is 5.91 Å². The lowest BCUT2D eigenvalue weighted by molar-refractivity contribution is -0.135. The Hall–Kier alpha value is -0.570. The number of carbonyl (C=O) groups excluding carboxylic acids is 1. The van der Waals surface area contributed by atoms with Crippen molar-refractivity contribution in [3.8, 4) is 0 Å². The summed E-state index contributed by atoms with van der Waals surface area (Å²) in [6, 6.07) is -0.328. The van der Waals surface area contributed by atoms with Crippen molar-refractivity contribution in [2.45, 2.75) is 40.2 Å². The summed E-state index contributed by atoms with van der Waals surface area (Å²) in [5.74, 6) is 1.68. The molecule has 1 saturated heterocycles. The number of piperidine rings is 1. The predicted molar refractivity (Wildman–Crippen MR) is 62.3 cm³/mol. The Morgan fingerprint density at radius 3 is 2.40 bits per heavy atom. The molecule has 2 N–H and O–H groups in total. The highest BCUT2D eigenvalue weighted by molar-refractivity contribution is 5.82. The largest absolute Gasteiger partial charge is 0.341 e. The molecule has 0 spiro atoms. The molecule has 1 aliphatic rings. The summed E-state index contributed by atoms with van der Waals surface area (Å²) in [4.78, 5) is 13.9. The van der Waals surface area contributed by atoms with Gasteiger partial charge in [-0.05, 0) is 24.2 Å². The summed E-state index contributed by atoms with van der Waals surface area (Å²) >= 11 is 0. The molecule has 0 saturated carbocycles. The monoisotopic (exact) mass is 212 g/mol. The van der Waals surface area contributed by atoms with E-state index in [1.807, 2.05) is 18.7 Å². The van der Waals surface area contributed by atoms with Crippen LogP contribution in [0.3, 0.4) is 0 Å². The molecular formula is C12H24N2O. The average molecular weight is 212 g/mol. The Balaban J connectivity index is 2.54. The van der Waals surface area contributed by atoms with E-state index in [0.717, 1.165) is 25.4 Å². The first kappa shape index (κ1) is 12.5. The van der Waals surface area contributed by atoms with E-state index in [-0.39, 0.29) is 17.9 Å². The standard InChI is InChI=1S/C12H24N2O/c1-8(2)11(13)12(15)14-6-5-9(3)10(4)7-14/h8-11H,5-7,13H2,1-4H3. The smallest absolute Gasteiger partial charge is 0.239 e. The molecule has 1 heterocycles. The van der Waals surface area contributed by atoms with Crippen LogP contribution < -0.4 is 5.73 Å². The van der Waals surface area contributed by atoms with Crippen molar-refractivity contribution in [2.24, 2.45) is 23.5 Å². The Labute approximate surface area is 93.0 Å². The zero-order valence-electron chi connectivity index (χ0n) is 10.4. The minimum Gasteiger partial charge on any atom is -0.341 e. The van der Waals surface area contributed by atoms with Crippen LogP contribution in [0.15, 0.2) is 0 Å². The van der Waals surface area contributed by atoms with E-state index in [2.05, 4.69) is 13.8 Å². The number of hydrogen-bond acceptors (Lipinski definition) is 2. The van der Waals surface area contributed by atoms with Crippen LogP contribution in [0.4, 0.5) is 0 Å². The van der Waals surface area contributed by atoms with E-state index < -0.39 is 0 Å². The van der Waals surface area contributed by atoms with Crippen LogP contribution >= 0.6 is 0 Å². The second-order valence-electron chi connectivity index (χ2n) is 5.30. The van der Waals surface area contributed by atoms with Gasteiger partial charge in [-0.3, -0.25) is 4.79 Å². The van der Waals surface area contributed by atoms with Gasteiger partial charge in [0.1, 0.15) is 0 Å². The van der Waals surface area contributed by atoms with Gasteiger partial charge in [0.25, 0.3) is 0 Å². The van der Waals surface area contributed by atoms with Crippen molar-refractivity contribution in [1.29, 1.82) is 0 Å². The first-order chi connectivity index (χ1) is 6.93. The van der Waals surface area contributed by atoms with Gasteiger partial charge in [-0.1, -0.05) is 27.7 Å². The van der Waals surface area contributed by atoms with Gasteiger partial charge >= 0.3 is 0 Å². The van der Waals surface area contributed by atoms with Crippen molar-refractivity contribution in [3.63, 3.8) is 0 Å². The fourth-order valence-electron chi connectivity index (χ4n) is 1.96. The van der Waals surface area contributed by atoms with Crippen LogP contribution in [0.2, 0.25) is 0 Å². The van der Waals surface area contributed by atoms with E-state index in [1.165, 1.54) is 0 Å². The van der Waals surface area contributed by atoms with Crippen LogP contribution in [0.1, 0.15) is 34.1 Å². The molecule has 3 unspecified atom stereocenters. The van der Waals surface area contributed by atoms with Gasteiger partial charge in [0.05, 0.1) is 6.04 Å². The van der Waals surface area contributed by atoms with Gasteiger partial charge in [0.15, 0.2) is 0 Å².